The summed E-state index contributed by atoms with van der Waals surface area (Å²) in [5.74, 6) is 1.53. The highest BCUT2D eigenvalue weighted by molar-refractivity contribution is 5.82. The molecule has 0 saturated heterocycles. The van der Waals surface area contributed by atoms with Crippen molar-refractivity contribution in [2.45, 2.75) is 104 Å². The van der Waals surface area contributed by atoms with E-state index in [0.717, 1.165) is 57.8 Å². The molecular formula is C28H49NO6. The molecule has 35 heavy (non-hydrogen) atoms. The molecule has 4 atom stereocenters. The zero-order chi connectivity index (χ0) is 25.7. The summed E-state index contributed by atoms with van der Waals surface area (Å²) in [6.45, 7) is 11.4. The molecule has 202 valence electrons. The first kappa shape index (κ1) is 29.6. The fraction of sp³-hybridized carbons (Fsp3) is 0.893. The molecule has 2 aliphatic carbocycles. The highest BCUT2D eigenvalue weighted by Crippen LogP contribution is 2.47. The Balaban J connectivity index is 1.83. The van der Waals surface area contributed by atoms with Crippen LogP contribution in [0.2, 0.25) is 0 Å². The third-order valence-corrected chi connectivity index (χ3v) is 8.29. The Labute approximate surface area is 212 Å². The van der Waals surface area contributed by atoms with Crippen molar-refractivity contribution in [3.8, 4) is 0 Å². The van der Waals surface area contributed by atoms with Crippen LogP contribution in [0, 0.1) is 29.1 Å². The zero-order valence-corrected chi connectivity index (χ0v) is 22.5. The number of carbonyl (C=O) groups excluding carboxylic acids is 3. The number of nitrogens with one attached hydrogen (secondary N) is 1. The molecule has 2 rings (SSSR count). The first-order valence-electron chi connectivity index (χ1n) is 13.9. The second-order valence-corrected chi connectivity index (χ2v) is 11.3. The summed E-state index contributed by atoms with van der Waals surface area (Å²) in [4.78, 5) is 35.8. The SMILES string of the molecule is CCCCOC(=O)C(CC(=O)OCC1CCC(CCOC=O)CC1)NCC1(C)CC(C)CC1CC. The van der Waals surface area contributed by atoms with Crippen molar-refractivity contribution < 1.29 is 28.6 Å². The van der Waals surface area contributed by atoms with Crippen LogP contribution >= 0.6 is 0 Å². The van der Waals surface area contributed by atoms with E-state index in [-0.39, 0.29) is 23.8 Å². The van der Waals surface area contributed by atoms with Gasteiger partial charge in [0.25, 0.3) is 6.47 Å². The van der Waals surface area contributed by atoms with E-state index in [2.05, 4.69) is 33.0 Å². The summed E-state index contributed by atoms with van der Waals surface area (Å²) in [6, 6.07) is -0.668. The van der Waals surface area contributed by atoms with Crippen LogP contribution in [0.15, 0.2) is 0 Å². The summed E-state index contributed by atoms with van der Waals surface area (Å²) in [6.07, 6.45) is 10.3. The lowest BCUT2D eigenvalue weighted by molar-refractivity contribution is -0.154. The van der Waals surface area contributed by atoms with Crippen LogP contribution in [0.3, 0.4) is 0 Å². The lowest BCUT2D eigenvalue weighted by atomic mass is 9.78. The van der Waals surface area contributed by atoms with Crippen LogP contribution in [-0.4, -0.2) is 50.8 Å². The maximum absolute atomic E-state index is 12.8. The van der Waals surface area contributed by atoms with Crippen molar-refractivity contribution >= 4 is 18.4 Å². The van der Waals surface area contributed by atoms with Gasteiger partial charge in [-0.2, -0.15) is 0 Å². The molecule has 2 aliphatic rings. The van der Waals surface area contributed by atoms with Crippen molar-refractivity contribution in [3.63, 3.8) is 0 Å². The molecule has 7 heteroatoms. The van der Waals surface area contributed by atoms with Gasteiger partial charge in [0.1, 0.15) is 6.04 Å². The molecule has 0 aromatic heterocycles. The smallest absolute Gasteiger partial charge is 0.323 e. The van der Waals surface area contributed by atoms with E-state index in [1.807, 2.05) is 0 Å². The summed E-state index contributed by atoms with van der Waals surface area (Å²) < 4.78 is 15.9. The second kappa shape index (κ2) is 15.5. The Morgan fingerprint density at radius 3 is 2.46 bits per heavy atom. The van der Waals surface area contributed by atoms with Crippen LogP contribution in [0.4, 0.5) is 0 Å². The van der Waals surface area contributed by atoms with E-state index in [9.17, 15) is 14.4 Å². The van der Waals surface area contributed by atoms with Crippen molar-refractivity contribution in [1.82, 2.24) is 5.32 Å². The van der Waals surface area contributed by atoms with E-state index in [0.29, 0.717) is 56.5 Å². The third-order valence-electron chi connectivity index (χ3n) is 8.29. The summed E-state index contributed by atoms with van der Waals surface area (Å²) in [7, 11) is 0. The lowest BCUT2D eigenvalue weighted by Crippen LogP contribution is -2.46. The Morgan fingerprint density at radius 1 is 1.09 bits per heavy atom. The molecule has 0 radical (unpaired) electrons. The van der Waals surface area contributed by atoms with Gasteiger partial charge in [0.2, 0.25) is 0 Å². The zero-order valence-electron chi connectivity index (χ0n) is 22.5. The predicted molar refractivity (Wildman–Crippen MR) is 136 cm³/mol. The molecule has 1 N–H and O–H groups in total. The number of ether oxygens (including phenoxy) is 3. The fourth-order valence-corrected chi connectivity index (χ4v) is 6.11. The van der Waals surface area contributed by atoms with Gasteiger partial charge in [-0.3, -0.25) is 14.4 Å². The average molecular weight is 496 g/mol. The maximum Gasteiger partial charge on any atom is 0.323 e. The Morgan fingerprint density at radius 2 is 1.80 bits per heavy atom. The number of esters is 2. The summed E-state index contributed by atoms with van der Waals surface area (Å²) in [5.41, 5.74) is 0.120. The van der Waals surface area contributed by atoms with Crippen molar-refractivity contribution in [1.29, 1.82) is 0 Å². The quantitative estimate of drug-likeness (QED) is 0.139. The molecule has 4 unspecified atom stereocenters. The van der Waals surface area contributed by atoms with Crippen molar-refractivity contribution in [2.24, 2.45) is 29.1 Å². The molecule has 0 aliphatic heterocycles. The number of rotatable bonds is 16. The van der Waals surface area contributed by atoms with E-state index >= 15 is 0 Å². The summed E-state index contributed by atoms with van der Waals surface area (Å²) in [5, 5.41) is 3.40. The molecule has 0 aromatic rings. The van der Waals surface area contributed by atoms with Crippen molar-refractivity contribution in [3.05, 3.63) is 0 Å². The molecule has 2 fully saturated rings. The molecule has 0 heterocycles. The number of hydrogen-bond acceptors (Lipinski definition) is 7. The molecule has 0 amide bonds. The molecular weight excluding hydrogens is 446 g/mol. The topological polar surface area (TPSA) is 90.9 Å². The largest absolute Gasteiger partial charge is 0.468 e. The maximum atomic E-state index is 12.8. The van der Waals surface area contributed by atoms with Gasteiger partial charge in [0.15, 0.2) is 0 Å². The van der Waals surface area contributed by atoms with Crippen LogP contribution in [-0.2, 0) is 28.6 Å². The van der Waals surface area contributed by atoms with Gasteiger partial charge < -0.3 is 19.5 Å². The molecule has 2 saturated carbocycles. The number of carbonyl (C=O) groups is 3. The van der Waals surface area contributed by atoms with E-state index in [1.165, 1.54) is 6.42 Å². The van der Waals surface area contributed by atoms with Crippen LogP contribution < -0.4 is 5.32 Å². The minimum atomic E-state index is -0.668. The highest BCUT2D eigenvalue weighted by atomic mass is 16.5. The highest BCUT2D eigenvalue weighted by Gasteiger charge is 2.41. The van der Waals surface area contributed by atoms with E-state index < -0.39 is 6.04 Å². The first-order chi connectivity index (χ1) is 16.8. The monoisotopic (exact) mass is 495 g/mol. The van der Waals surface area contributed by atoms with E-state index in [1.54, 1.807) is 0 Å². The van der Waals surface area contributed by atoms with Gasteiger partial charge in [-0.05, 0) is 80.5 Å². The minimum Gasteiger partial charge on any atom is -0.468 e. The molecule has 0 bridgehead atoms. The van der Waals surface area contributed by atoms with Gasteiger partial charge in [-0.15, -0.1) is 0 Å². The average Bonchev–Trinajstić information content (AvgIpc) is 3.14. The molecule has 0 spiro atoms. The Hall–Kier alpha value is -1.63. The van der Waals surface area contributed by atoms with Gasteiger partial charge in [-0.1, -0.05) is 40.5 Å². The minimum absolute atomic E-state index is 0.00572. The fourth-order valence-electron chi connectivity index (χ4n) is 6.11. The standard InChI is InChI=1S/C28H49NO6/c1-5-7-13-34-27(32)25(29-19-28(4)17-21(3)15-24(28)6-2)16-26(31)35-18-23-10-8-22(9-11-23)12-14-33-20-30/h20-25,29H,5-19H2,1-4H3. The molecule has 0 aromatic carbocycles. The normalized spacial score (nSPS) is 29.4. The van der Waals surface area contributed by atoms with Gasteiger partial charge in [0, 0.05) is 6.54 Å². The lowest BCUT2D eigenvalue weighted by Gasteiger charge is -2.33. The van der Waals surface area contributed by atoms with Crippen LogP contribution in [0.1, 0.15) is 98.3 Å². The second-order valence-electron chi connectivity index (χ2n) is 11.3. The third kappa shape index (κ3) is 10.1. The number of unbranched alkanes of at least 4 members (excludes halogenated alkanes) is 1. The van der Waals surface area contributed by atoms with Gasteiger partial charge in [-0.25, -0.2) is 0 Å². The predicted octanol–water partition coefficient (Wildman–Crippen LogP) is 5.05. The first-order valence-corrected chi connectivity index (χ1v) is 13.9. The van der Waals surface area contributed by atoms with E-state index in [4.69, 9.17) is 14.2 Å². The van der Waals surface area contributed by atoms with Gasteiger partial charge in [0.05, 0.1) is 26.2 Å². The Bertz CT molecular complexity index is 647. The summed E-state index contributed by atoms with van der Waals surface area (Å²) >= 11 is 0. The van der Waals surface area contributed by atoms with Crippen LogP contribution in [0.5, 0.6) is 0 Å². The van der Waals surface area contributed by atoms with Crippen molar-refractivity contribution in [2.75, 3.05) is 26.4 Å². The van der Waals surface area contributed by atoms with Crippen LogP contribution in [0.25, 0.3) is 0 Å². The molecule has 7 nitrogen and oxygen atoms in total. The Kier molecular flexibility index (Phi) is 13.1. The van der Waals surface area contributed by atoms with Gasteiger partial charge >= 0.3 is 11.9 Å². The number of hydrogen-bond donors (Lipinski definition) is 1.